The van der Waals surface area contributed by atoms with Crippen LogP contribution in [0, 0.1) is 13.8 Å². The summed E-state index contributed by atoms with van der Waals surface area (Å²) in [7, 11) is 0. The average Bonchev–Trinajstić information content (AvgIpc) is 3.23. The van der Waals surface area contributed by atoms with Gasteiger partial charge in [-0.15, -0.1) is 10.2 Å². The quantitative estimate of drug-likeness (QED) is 0.274. The number of nitrogens with one attached hydrogen (secondary N) is 2. The summed E-state index contributed by atoms with van der Waals surface area (Å²) >= 11 is 3.94. The van der Waals surface area contributed by atoms with E-state index >= 15 is 0 Å². The van der Waals surface area contributed by atoms with Crippen LogP contribution >= 0.6 is 11.6 Å². The van der Waals surface area contributed by atoms with Gasteiger partial charge in [0.2, 0.25) is 6.43 Å². The maximum Gasteiger partial charge on any atom is 1.00 e. The zero-order valence-corrected chi connectivity index (χ0v) is 20.6. The van der Waals surface area contributed by atoms with Gasteiger partial charge in [0.15, 0.2) is 11.4 Å². The number of nitrogens with zero attached hydrogens (tertiary/aromatic N) is 4. The molecule has 0 aliphatic rings. The van der Waals surface area contributed by atoms with E-state index in [-0.39, 0.29) is 42.4 Å². The molecule has 0 fully saturated rings. The van der Waals surface area contributed by atoms with Gasteiger partial charge >= 0.3 is 47.4 Å². The first kappa shape index (κ1) is 33.9. The van der Waals surface area contributed by atoms with Gasteiger partial charge in [0, 0.05) is 0 Å². The molecule has 0 aliphatic heterocycles. The van der Waals surface area contributed by atoms with E-state index in [1.165, 1.54) is 0 Å². The molecule has 2 N–H and O–H groups in total. The maximum atomic E-state index is 11.0. The molecule has 0 amide bonds. The Bertz CT molecular complexity index is 677. The molecule has 0 bridgehead atoms. The maximum absolute atomic E-state index is 11.0. The number of ether oxygens (including phenoxy) is 2. The van der Waals surface area contributed by atoms with Gasteiger partial charge in [-0.2, -0.15) is 29.4 Å². The first-order valence-corrected chi connectivity index (χ1v) is 8.70. The molecule has 174 valence electrons. The minimum atomic E-state index is -2.69. The number of alkyl halides is 5. The van der Waals surface area contributed by atoms with Crippen LogP contribution in [0.15, 0.2) is 0 Å². The summed E-state index contributed by atoms with van der Waals surface area (Å²) in [6.07, 6.45) is -2.17. The van der Waals surface area contributed by atoms with Crippen molar-refractivity contribution >= 4 is 23.5 Å². The molecule has 0 spiro atoms. The molecular weight excluding hydrogens is 463 g/mol. The fraction of sp³-hybridized carbons (Fsp3) is 0.600. The number of hydrogen-bond acceptors (Lipinski definition) is 8. The number of halogens is 5. The third-order valence-corrected chi connectivity index (χ3v) is 2.38. The molecule has 31 heavy (non-hydrogen) atoms. The Morgan fingerprint density at radius 3 is 1.32 bits per heavy atom. The van der Waals surface area contributed by atoms with E-state index in [1.54, 1.807) is 27.7 Å². The fourth-order valence-electron chi connectivity index (χ4n) is 1.35. The summed E-state index contributed by atoms with van der Waals surface area (Å²) in [6.45, 7) is 8.41. The van der Waals surface area contributed by atoms with Crippen molar-refractivity contribution in [1.82, 2.24) is 30.8 Å². The van der Waals surface area contributed by atoms with Crippen molar-refractivity contribution < 1.29 is 67.6 Å². The molecule has 0 unspecified atom stereocenters. The molecule has 0 radical (unpaired) electrons. The van der Waals surface area contributed by atoms with E-state index in [0.717, 1.165) is 6.92 Å². The smallest absolute Gasteiger partial charge is 1.00 e. The summed E-state index contributed by atoms with van der Waals surface area (Å²) in [5.41, 5.74) is 1.63. The van der Waals surface area contributed by atoms with Gasteiger partial charge in [-0.1, -0.05) is 11.6 Å². The number of aromatic nitrogens is 6. The number of esters is 2. The molecular formula is C15H24ClF4N6NaO4. The number of hydrogen-bond donors (Lipinski definition) is 2. The van der Waals surface area contributed by atoms with Crippen LogP contribution < -0.4 is 29.6 Å². The van der Waals surface area contributed by atoms with E-state index in [1.807, 2.05) is 0 Å². The first-order chi connectivity index (χ1) is 14.0. The first-order valence-electron chi connectivity index (χ1n) is 8.27. The van der Waals surface area contributed by atoms with Gasteiger partial charge in [0.1, 0.15) is 0 Å². The number of aryl methyl sites for hydroxylation is 2. The predicted molar refractivity (Wildman–Crippen MR) is 98.8 cm³/mol. The second-order valence-electron chi connectivity index (χ2n) is 4.72. The van der Waals surface area contributed by atoms with E-state index in [2.05, 4.69) is 42.4 Å². The summed E-state index contributed by atoms with van der Waals surface area (Å²) in [5, 5.41) is 19.3. The standard InChI is InChI=1S/2C6H9N3O2.C2H4F2.CHClF2.Na.H/c2*1-3-11-6(10)5-4(2)7-9-8-5;1-2(3)4;2-1(3)4;;/h2*3H2,1-2H3,(H,7,8,9);2H,1H3;1H;;/q;;;;+1;-1. The third kappa shape index (κ3) is 18.7. The normalized spacial score (nSPS) is 9.16. The minimum Gasteiger partial charge on any atom is -1.00 e. The molecule has 0 saturated carbocycles. The van der Waals surface area contributed by atoms with Gasteiger partial charge in [0.05, 0.1) is 24.6 Å². The van der Waals surface area contributed by atoms with Crippen LogP contribution in [0.4, 0.5) is 17.6 Å². The Hall–Kier alpha value is -1.77. The van der Waals surface area contributed by atoms with Gasteiger partial charge in [-0.25, -0.2) is 18.4 Å². The molecule has 2 aromatic rings. The van der Waals surface area contributed by atoms with Crippen molar-refractivity contribution in [2.45, 2.75) is 46.9 Å². The van der Waals surface area contributed by atoms with Crippen LogP contribution in [-0.2, 0) is 9.47 Å². The Kier molecular flexibility index (Phi) is 22.0. The zero-order chi connectivity index (χ0) is 23.7. The molecule has 0 aromatic carbocycles. The second-order valence-corrected chi connectivity index (χ2v) is 5.05. The van der Waals surface area contributed by atoms with Crippen LogP contribution in [0.2, 0.25) is 0 Å². The van der Waals surface area contributed by atoms with E-state index in [4.69, 9.17) is 9.47 Å². The van der Waals surface area contributed by atoms with Gasteiger partial charge < -0.3 is 10.9 Å². The van der Waals surface area contributed by atoms with E-state index in [9.17, 15) is 27.2 Å². The van der Waals surface area contributed by atoms with Crippen molar-refractivity contribution in [2.75, 3.05) is 13.2 Å². The molecule has 2 aromatic heterocycles. The van der Waals surface area contributed by atoms with E-state index in [0.29, 0.717) is 24.6 Å². The zero-order valence-electron chi connectivity index (χ0n) is 18.9. The van der Waals surface area contributed by atoms with Crippen molar-refractivity contribution in [2.24, 2.45) is 0 Å². The number of rotatable bonds is 4. The van der Waals surface area contributed by atoms with Crippen LogP contribution in [0.3, 0.4) is 0 Å². The van der Waals surface area contributed by atoms with Crippen molar-refractivity contribution in [3.05, 3.63) is 22.8 Å². The van der Waals surface area contributed by atoms with Crippen LogP contribution in [-0.4, -0.2) is 68.3 Å². The monoisotopic (exact) mass is 486 g/mol. The van der Waals surface area contributed by atoms with Gasteiger partial charge in [-0.05, 0) is 34.6 Å². The number of H-pyrrole nitrogens is 2. The Balaban J connectivity index is -0.000000177. The molecule has 10 nitrogen and oxygen atoms in total. The minimum absolute atomic E-state index is 0. The Labute approximate surface area is 204 Å². The van der Waals surface area contributed by atoms with Crippen molar-refractivity contribution in [3.63, 3.8) is 0 Å². The van der Waals surface area contributed by atoms with Gasteiger partial charge in [0.25, 0.3) is 0 Å². The molecule has 2 heterocycles. The Morgan fingerprint density at radius 2 is 1.16 bits per heavy atom. The molecule has 0 atom stereocenters. The van der Waals surface area contributed by atoms with E-state index < -0.39 is 24.2 Å². The fourth-order valence-corrected chi connectivity index (χ4v) is 1.35. The molecule has 0 saturated heterocycles. The number of aromatic amines is 2. The topological polar surface area (TPSA) is 136 Å². The van der Waals surface area contributed by atoms with Crippen LogP contribution in [0.1, 0.15) is 54.6 Å². The van der Waals surface area contributed by atoms with Crippen LogP contribution in [0.25, 0.3) is 0 Å². The SMILES string of the molecule is CC(F)F.CCOC(=O)c1n[nH]nc1C.CCOC(=O)c1n[nH]nc1C.FC(F)Cl.[H-].[Na+]. The number of carbonyl (C=O) groups excluding carboxylic acids is 2. The second kappa shape index (κ2) is 20.2. The van der Waals surface area contributed by atoms with Crippen molar-refractivity contribution in [1.29, 1.82) is 0 Å². The molecule has 2 rings (SSSR count). The summed E-state index contributed by atoms with van der Waals surface area (Å²) < 4.78 is 50.3. The molecule has 16 heteroatoms. The average molecular weight is 487 g/mol. The summed E-state index contributed by atoms with van der Waals surface area (Å²) in [5.74, 6) is -3.56. The number of carbonyl (C=O) groups is 2. The summed E-state index contributed by atoms with van der Waals surface area (Å²) in [6, 6.07) is 0. The predicted octanol–water partition coefficient (Wildman–Crippen LogP) is 0.415. The molecule has 0 aliphatic carbocycles. The van der Waals surface area contributed by atoms with Gasteiger partial charge in [-0.3, -0.25) is 0 Å². The summed E-state index contributed by atoms with van der Waals surface area (Å²) in [4.78, 5) is 22.0. The third-order valence-electron chi connectivity index (χ3n) is 2.38. The van der Waals surface area contributed by atoms with Crippen molar-refractivity contribution in [3.8, 4) is 0 Å². The Morgan fingerprint density at radius 1 is 0.903 bits per heavy atom. The van der Waals surface area contributed by atoms with Crippen LogP contribution in [0.5, 0.6) is 0 Å². The largest absolute Gasteiger partial charge is 1.00 e.